The number of aliphatic hydroxyl groups is 2. The van der Waals surface area contributed by atoms with Crippen molar-refractivity contribution in [1.82, 2.24) is 0 Å². The molecule has 0 radical (unpaired) electrons. The largest absolute Gasteiger partial charge is 0.411 e. The van der Waals surface area contributed by atoms with E-state index in [2.05, 4.69) is 4.74 Å². The van der Waals surface area contributed by atoms with Crippen molar-refractivity contribution in [2.24, 2.45) is 5.92 Å². The van der Waals surface area contributed by atoms with Crippen LogP contribution in [-0.4, -0.2) is 42.8 Å². The van der Waals surface area contributed by atoms with Crippen molar-refractivity contribution in [1.29, 1.82) is 0 Å². The third kappa shape index (κ3) is 6.38. The Morgan fingerprint density at radius 2 is 1.67 bits per heavy atom. The van der Waals surface area contributed by atoms with Crippen LogP contribution in [0.5, 0.6) is 0 Å². The highest BCUT2D eigenvalue weighted by Gasteiger charge is 2.27. The molecule has 0 bridgehead atoms. The second kappa shape index (κ2) is 5.34. The first-order valence-electron chi connectivity index (χ1n) is 3.36. The number of ether oxygens (including phenoxy) is 1. The molecular formula is C6H11F3O3. The molecule has 6 heteroatoms. The predicted octanol–water partition coefficient (Wildman–Crippen LogP) is 0.166. The molecule has 0 aromatic carbocycles. The highest BCUT2D eigenvalue weighted by molar-refractivity contribution is 4.54. The zero-order chi connectivity index (χ0) is 9.61. The zero-order valence-corrected chi connectivity index (χ0v) is 6.34. The van der Waals surface area contributed by atoms with E-state index in [1.165, 1.54) is 0 Å². The van der Waals surface area contributed by atoms with Gasteiger partial charge in [-0.15, -0.1) is 0 Å². The SMILES string of the molecule is OCC(CO)COCC(F)(F)F. The quantitative estimate of drug-likeness (QED) is 0.646. The minimum absolute atomic E-state index is 0.285. The van der Waals surface area contributed by atoms with E-state index >= 15 is 0 Å². The highest BCUT2D eigenvalue weighted by Crippen LogP contribution is 2.14. The van der Waals surface area contributed by atoms with Crippen LogP contribution in [0.4, 0.5) is 13.2 Å². The summed E-state index contributed by atoms with van der Waals surface area (Å²) < 4.78 is 38.6. The summed E-state index contributed by atoms with van der Waals surface area (Å²) in [7, 11) is 0. The molecule has 0 aliphatic rings. The van der Waals surface area contributed by atoms with Crippen LogP contribution in [-0.2, 0) is 4.74 Å². The third-order valence-electron chi connectivity index (χ3n) is 1.14. The summed E-state index contributed by atoms with van der Waals surface area (Å²) in [6, 6.07) is 0. The van der Waals surface area contributed by atoms with Crippen molar-refractivity contribution in [3.05, 3.63) is 0 Å². The average molecular weight is 188 g/mol. The first-order valence-corrected chi connectivity index (χ1v) is 3.36. The van der Waals surface area contributed by atoms with E-state index < -0.39 is 18.7 Å². The number of halogens is 3. The molecule has 12 heavy (non-hydrogen) atoms. The lowest BCUT2D eigenvalue weighted by Crippen LogP contribution is -2.23. The highest BCUT2D eigenvalue weighted by atomic mass is 19.4. The Morgan fingerprint density at radius 3 is 2.00 bits per heavy atom. The monoisotopic (exact) mass is 188 g/mol. The summed E-state index contributed by atoms with van der Waals surface area (Å²) in [6.45, 7) is -2.39. The fourth-order valence-electron chi connectivity index (χ4n) is 0.504. The van der Waals surface area contributed by atoms with Gasteiger partial charge >= 0.3 is 6.18 Å². The van der Waals surface area contributed by atoms with Crippen molar-refractivity contribution in [3.8, 4) is 0 Å². The Hall–Kier alpha value is -0.330. The van der Waals surface area contributed by atoms with Gasteiger partial charge in [0.2, 0.25) is 0 Å². The van der Waals surface area contributed by atoms with Crippen molar-refractivity contribution in [2.45, 2.75) is 6.18 Å². The minimum atomic E-state index is -4.35. The Bertz CT molecular complexity index is 111. The number of hydrogen-bond acceptors (Lipinski definition) is 3. The Balaban J connectivity index is 3.41. The molecule has 3 nitrogen and oxygen atoms in total. The number of hydrogen-bond donors (Lipinski definition) is 2. The van der Waals surface area contributed by atoms with Gasteiger partial charge in [-0.3, -0.25) is 0 Å². The molecule has 0 rings (SSSR count). The van der Waals surface area contributed by atoms with Crippen molar-refractivity contribution in [2.75, 3.05) is 26.4 Å². The van der Waals surface area contributed by atoms with E-state index in [0.29, 0.717) is 0 Å². The molecular weight excluding hydrogens is 177 g/mol. The van der Waals surface area contributed by atoms with E-state index in [-0.39, 0.29) is 19.8 Å². The van der Waals surface area contributed by atoms with Gasteiger partial charge in [-0.25, -0.2) is 0 Å². The molecule has 0 atom stereocenters. The number of aliphatic hydroxyl groups excluding tert-OH is 2. The van der Waals surface area contributed by atoms with Crippen LogP contribution in [0.2, 0.25) is 0 Å². The lowest BCUT2D eigenvalue weighted by Gasteiger charge is -2.12. The maximum atomic E-state index is 11.5. The Kier molecular flexibility index (Phi) is 5.19. The molecule has 0 heterocycles. The minimum Gasteiger partial charge on any atom is -0.396 e. The van der Waals surface area contributed by atoms with Crippen LogP contribution in [0.25, 0.3) is 0 Å². The molecule has 0 fully saturated rings. The fraction of sp³-hybridized carbons (Fsp3) is 1.00. The molecule has 0 saturated carbocycles. The number of rotatable bonds is 5. The van der Waals surface area contributed by atoms with Gasteiger partial charge in [0.05, 0.1) is 19.8 Å². The van der Waals surface area contributed by atoms with Gasteiger partial charge in [-0.2, -0.15) is 13.2 Å². The van der Waals surface area contributed by atoms with Gasteiger partial charge in [0.1, 0.15) is 6.61 Å². The summed E-state index contributed by atoms with van der Waals surface area (Å²) in [4.78, 5) is 0. The molecule has 74 valence electrons. The summed E-state index contributed by atoms with van der Waals surface area (Å²) >= 11 is 0. The predicted molar refractivity (Wildman–Crippen MR) is 34.5 cm³/mol. The zero-order valence-electron chi connectivity index (χ0n) is 6.34. The molecule has 2 N–H and O–H groups in total. The van der Waals surface area contributed by atoms with Crippen LogP contribution in [0.15, 0.2) is 0 Å². The molecule has 0 saturated heterocycles. The van der Waals surface area contributed by atoms with Crippen molar-refractivity contribution >= 4 is 0 Å². The van der Waals surface area contributed by atoms with Crippen LogP contribution >= 0.6 is 0 Å². The average Bonchev–Trinajstić information content (AvgIpc) is 1.96. The van der Waals surface area contributed by atoms with E-state index in [4.69, 9.17) is 10.2 Å². The lowest BCUT2D eigenvalue weighted by molar-refractivity contribution is -0.178. The van der Waals surface area contributed by atoms with E-state index in [1.54, 1.807) is 0 Å². The molecule has 0 unspecified atom stereocenters. The van der Waals surface area contributed by atoms with Gasteiger partial charge in [-0.1, -0.05) is 0 Å². The second-order valence-corrected chi connectivity index (χ2v) is 2.36. The van der Waals surface area contributed by atoms with Crippen LogP contribution in [0.1, 0.15) is 0 Å². The normalized spacial score (nSPS) is 12.5. The summed E-state index contributed by atoms with van der Waals surface area (Å²) in [5, 5.41) is 16.9. The van der Waals surface area contributed by atoms with Gasteiger partial charge in [0.15, 0.2) is 0 Å². The number of alkyl halides is 3. The third-order valence-corrected chi connectivity index (χ3v) is 1.14. The molecule has 0 spiro atoms. The van der Waals surface area contributed by atoms with Gasteiger partial charge in [0.25, 0.3) is 0 Å². The molecule has 0 amide bonds. The standard InChI is InChI=1S/C6H11F3O3/c7-6(8,9)4-12-3-5(1-10)2-11/h5,10-11H,1-4H2. The topological polar surface area (TPSA) is 49.7 Å². The summed E-state index contributed by atoms with van der Waals surface area (Å²) in [6.07, 6.45) is -4.35. The Labute approximate surface area is 67.8 Å². The first-order chi connectivity index (χ1) is 5.49. The van der Waals surface area contributed by atoms with Gasteiger partial charge in [-0.05, 0) is 0 Å². The molecule has 0 aromatic heterocycles. The van der Waals surface area contributed by atoms with Crippen molar-refractivity contribution in [3.63, 3.8) is 0 Å². The summed E-state index contributed by atoms with van der Waals surface area (Å²) in [5.41, 5.74) is 0. The van der Waals surface area contributed by atoms with Gasteiger partial charge < -0.3 is 14.9 Å². The second-order valence-electron chi connectivity index (χ2n) is 2.36. The maximum absolute atomic E-state index is 11.5. The van der Waals surface area contributed by atoms with Gasteiger partial charge in [0, 0.05) is 5.92 Å². The summed E-state index contributed by atoms with van der Waals surface area (Å²) in [5.74, 6) is -0.632. The smallest absolute Gasteiger partial charge is 0.396 e. The Morgan fingerprint density at radius 1 is 1.17 bits per heavy atom. The maximum Gasteiger partial charge on any atom is 0.411 e. The van der Waals surface area contributed by atoms with E-state index in [1.807, 2.05) is 0 Å². The molecule has 0 aliphatic carbocycles. The fourth-order valence-corrected chi connectivity index (χ4v) is 0.504. The van der Waals surface area contributed by atoms with E-state index in [0.717, 1.165) is 0 Å². The van der Waals surface area contributed by atoms with Crippen LogP contribution < -0.4 is 0 Å². The van der Waals surface area contributed by atoms with Crippen LogP contribution in [0, 0.1) is 5.92 Å². The first kappa shape index (κ1) is 11.7. The molecule has 0 aliphatic heterocycles. The van der Waals surface area contributed by atoms with E-state index in [9.17, 15) is 13.2 Å². The molecule has 0 aromatic rings. The van der Waals surface area contributed by atoms with Crippen LogP contribution in [0.3, 0.4) is 0 Å². The van der Waals surface area contributed by atoms with Crippen molar-refractivity contribution < 1.29 is 28.1 Å². The lowest BCUT2D eigenvalue weighted by atomic mass is 10.2.